The van der Waals surface area contributed by atoms with Crippen molar-refractivity contribution < 1.29 is 0 Å². The largest absolute Gasteiger partial charge is 0.369 e. The third-order valence-corrected chi connectivity index (χ3v) is 3.10. The monoisotopic (exact) mass is 228 g/mol. The van der Waals surface area contributed by atoms with Gasteiger partial charge in [-0.15, -0.1) is 0 Å². The van der Waals surface area contributed by atoms with E-state index in [-0.39, 0.29) is 0 Å². The number of piperazine rings is 1. The van der Waals surface area contributed by atoms with E-state index in [0.29, 0.717) is 0 Å². The van der Waals surface area contributed by atoms with Gasteiger partial charge in [0.15, 0.2) is 0 Å². The van der Waals surface area contributed by atoms with Gasteiger partial charge in [-0.2, -0.15) is 5.10 Å². The first-order valence-electron chi connectivity index (χ1n) is 5.99. The Morgan fingerprint density at radius 2 is 1.71 bits per heavy atom. The molecule has 1 aliphatic heterocycles. The second-order valence-electron chi connectivity index (χ2n) is 4.20. The summed E-state index contributed by atoms with van der Waals surface area (Å²) >= 11 is 0. The molecule has 0 atom stereocenters. The summed E-state index contributed by atoms with van der Waals surface area (Å²) in [5.74, 6) is 0. The predicted molar refractivity (Wildman–Crippen MR) is 68.6 cm³/mol. The maximum Gasteiger partial charge on any atom is 0.0647 e. The fourth-order valence-corrected chi connectivity index (χ4v) is 2.16. The van der Waals surface area contributed by atoms with E-state index in [1.54, 1.807) is 6.20 Å². The highest BCUT2D eigenvalue weighted by Gasteiger charge is 2.09. The Morgan fingerprint density at radius 1 is 1.00 bits per heavy atom. The minimum Gasteiger partial charge on any atom is -0.369 e. The molecule has 1 aliphatic rings. The third-order valence-electron chi connectivity index (χ3n) is 3.10. The molecular formula is C13H16N4. The van der Waals surface area contributed by atoms with Gasteiger partial charge in [0.25, 0.3) is 0 Å². The number of rotatable bonds is 2. The first-order valence-corrected chi connectivity index (χ1v) is 5.99. The minimum atomic E-state index is 1.07. The minimum absolute atomic E-state index is 1.07. The Labute approximate surface area is 101 Å². The smallest absolute Gasteiger partial charge is 0.0647 e. The van der Waals surface area contributed by atoms with Gasteiger partial charge < -0.3 is 10.2 Å². The van der Waals surface area contributed by atoms with Crippen LogP contribution in [0.15, 0.2) is 42.7 Å². The molecule has 0 aliphatic carbocycles. The second-order valence-corrected chi connectivity index (χ2v) is 4.20. The van der Waals surface area contributed by atoms with Crippen molar-refractivity contribution in [2.75, 3.05) is 31.1 Å². The Kier molecular flexibility index (Phi) is 2.80. The summed E-state index contributed by atoms with van der Waals surface area (Å²) in [7, 11) is 0. The number of hydrogen-bond donors (Lipinski definition) is 1. The fourth-order valence-electron chi connectivity index (χ4n) is 2.16. The van der Waals surface area contributed by atoms with Gasteiger partial charge in [-0.05, 0) is 30.3 Å². The SMILES string of the molecule is c1cnn(-c2ccc(N3CCNCC3)cc2)c1. The fraction of sp³-hybridized carbons (Fsp3) is 0.308. The van der Waals surface area contributed by atoms with E-state index in [2.05, 4.69) is 39.6 Å². The lowest BCUT2D eigenvalue weighted by atomic mass is 10.2. The van der Waals surface area contributed by atoms with Crippen molar-refractivity contribution in [3.05, 3.63) is 42.7 Å². The number of nitrogens with one attached hydrogen (secondary N) is 1. The molecule has 0 spiro atoms. The summed E-state index contributed by atoms with van der Waals surface area (Å²) in [5.41, 5.74) is 2.40. The summed E-state index contributed by atoms with van der Waals surface area (Å²) in [6.07, 6.45) is 3.75. The van der Waals surface area contributed by atoms with Crippen LogP contribution < -0.4 is 10.2 Å². The molecule has 0 radical (unpaired) electrons. The molecule has 1 aromatic carbocycles. The zero-order valence-electron chi connectivity index (χ0n) is 9.71. The summed E-state index contributed by atoms with van der Waals surface area (Å²) in [6, 6.07) is 10.5. The van der Waals surface area contributed by atoms with Gasteiger partial charge in [-0.1, -0.05) is 0 Å². The molecule has 1 fully saturated rings. The quantitative estimate of drug-likeness (QED) is 0.840. The zero-order chi connectivity index (χ0) is 11.5. The van der Waals surface area contributed by atoms with Gasteiger partial charge in [-0.3, -0.25) is 0 Å². The van der Waals surface area contributed by atoms with Crippen LogP contribution in [0.3, 0.4) is 0 Å². The van der Waals surface area contributed by atoms with Crippen LogP contribution in [0.4, 0.5) is 5.69 Å². The van der Waals surface area contributed by atoms with Crippen molar-refractivity contribution in [1.29, 1.82) is 0 Å². The number of anilines is 1. The lowest BCUT2D eigenvalue weighted by molar-refractivity contribution is 0.589. The lowest BCUT2D eigenvalue weighted by Gasteiger charge is -2.29. The van der Waals surface area contributed by atoms with Crippen molar-refractivity contribution in [2.45, 2.75) is 0 Å². The number of hydrogen-bond acceptors (Lipinski definition) is 3. The van der Waals surface area contributed by atoms with E-state index in [1.165, 1.54) is 5.69 Å². The maximum absolute atomic E-state index is 4.22. The molecule has 4 heteroatoms. The van der Waals surface area contributed by atoms with Crippen molar-refractivity contribution in [1.82, 2.24) is 15.1 Å². The molecule has 1 saturated heterocycles. The number of aromatic nitrogens is 2. The zero-order valence-corrected chi connectivity index (χ0v) is 9.71. The highest BCUT2D eigenvalue weighted by molar-refractivity contribution is 5.51. The summed E-state index contributed by atoms with van der Waals surface area (Å²) < 4.78 is 1.88. The molecule has 3 rings (SSSR count). The van der Waals surface area contributed by atoms with Gasteiger partial charge >= 0.3 is 0 Å². The average molecular weight is 228 g/mol. The van der Waals surface area contributed by atoms with Crippen LogP contribution in [0.2, 0.25) is 0 Å². The Morgan fingerprint density at radius 3 is 2.35 bits per heavy atom. The molecule has 0 amide bonds. The van der Waals surface area contributed by atoms with E-state index in [1.807, 2.05) is 16.9 Å². The van der Waals surface area contributed by atoms with E-state index >= 15 is 0 Å². The summed E-state index contributed by atoms with van der Waals surface area (Å²) in [6.45, 7) is 4.31. The average Bonchev–Trinajstić information content (AvgIpc) is 2.94. The molecule has 1 aromatic heterocycles. The highest BCUT2D eigenvalue weighted by atomic mass is 15.3. The van der Waals surface area contributed by atoms with Crippen LogP contribution in [0.25, 0.3) is 5.69 Å². The van der Waals surface area contributed by atoms with Gasteiger partial charge in [0.05, 0.1) is 5.69 Å². The topological polar surface area (TPSA) is 33.1 Å². The van der Waals surface area contributed by atoms with E-state index in [9.17, 15) is 0 Å². The van der Waals surface area contributed by atoms with Crippen molar-refractivity contribution in [2.24, 2.45) is 0 Å². The van der Waals surface area contributed by atoms with Gasteiger partial charge in [0, 0.05) is 44.3 Å². The molecule has 0 saturated carbocycles. The van der Waals surface area contributed by atoms with Gasteiger partial charge in [0.2, 0.25) is 0 Å². The van der Waals surface area contributed by atoms with Crippen LogP contribution in [-0.2, 0) is 0 Å². The molecule has 2 heterocycles. The molecular weight excluding hydrogens is 212 g/mol. The summed E-state index contributed by atoms with van der Waals surface area (Å²) in [4.78, 5) is 2.41. The highest BCUT2D eigenvalue weighted by Crippen LogP contribution is 2.17. The van der Waals surface area contributed by atoms with Crippen LogP contribution in [0.1, 0.15) is 0 Å². The third kappa shape index (κ3) is 2.17. The maximum atomic E-state index is 4.22. The molecule has 17 heavy (non-hydrogen) atoms. The van der Waals surface area contributed by atoms with Crippen molar-refractivity contribution in [3.8, 4) is 5.69 Å². The lowest BCUT2D eigenvalue weighted by Crippen LogP contribution is -2.43. The predicted octanol–water partition coefficient (Wildman–Crippen LogP) is 1.28. The normalized spacial score (nSPS) is 16.1. The van der Waals surface area contributed by atoms with Crippen LogP contribution in [-0.4, -0.2) is 36.0 Å². The van der Waals surface area contributed by atoms with Crippen LogP contribution in [0.5, 0.6) is 0 Å². The number of nitrogens with zero attached hydrogens (tertiary/aromatic N) is 3. The molecule has 0 bridgehead atoms. The van der Waals surface area contributed by atoms with Gasteiger partial charge in [0.1, 0.15) is 0 Å². The van der Waals surface area contributed by atoms with Crippen molar-refractivity contribution in [3.63, 3.8) is 0 Å². The first-order chi connectivity index (χ1) is 8.43. The van der Waals surface area contributed by atoms with Crippen LogP contribution in [0, 0.1) is 0 Å². The van der Waals surface area contributed by atoms with Gasteiger partial charge in [-0.25, -0.2) is 4.68 Å². The molecule has 88 valence electrons. The Balaban J connectivity index is 1.80. The van der Waals surface area contributed by atoms with E-state index in [0.717, 1.165) is 31.9 Å². The standard InChI is InChI=1S/C13H16N4/c1-6-15-17(9-1)13-4-2-12(3-5-13)16-10-7-14-8-11-16/h1-6,9,14H,7-8,10-11H2. The Hall–Kier alpha value is -1.81. The molecule has 0 unspecified atom stereocenters. The van der Waals surface area contributed by atoms with E-state index in [4.69, 9.17) is 0 Å². The Bertz CT molecular complexity index is 455. The molecule has 4 nitrogen and oxygen atoms in total. The second kappa shape index (κ2) is 4.59. The first kappa shape index (κ1) is 10.4. The van der Waals surface area contributed by atoms with E-state index < -0.39 is 0 Å². The molecule has 2 aromatic rings. The van der Waals surface area contributed by atoms with Crippen LogP contribution >= 0.6 is 0 Å². The summed E-state index contributed by atoms with van der Waals surface area (Å²) in [5, 5.41) is 7.58. The number of benzene rings is 1. The molecule has 1 N–H and O–H groups in total. The van der Waals surface area contributed by atoms with Crippen molar-refractivity contribution >= 4 is 5.69 Å².